The lowest BCUT2D eigenvalue weighted by atomic mass is 10.1. The van der Waals surface area contributed by atoms with Crippen LogP contribution in [0.3, 0.4) is 0 Å². The van der Waals surface area contributed by atoms with Gasteiger partial charge in [-0.2, -0.15) is 0 Å². The van der Waals surface area contributed by atoms with Crippen molar-refractivity contribution in [3.8, 4) is 22.8 Å². The minimum atomic E-state index is 0.0119. The van der Waals surface area contributed by atoms with Crippen LogP contribution in [0.4, 0.5) is 11.4 Å². The minimum Gasteiger partial charge on any atom is -0.369 e. The maximum Gasteiger partial charge on any atom is 0.237 e. The smallest absolute Gasteiger partial charge is 0.237 e. The van der Waals surface area contributed by atoms with Gasteiger partial charge in [0.1, 0.15) is 5.88 Å². The second-order valence-electron chi connectivity index (χ2n) is 9.48. The first-order valence-corrected chi connectivity index (χ1v) is 14.0. The van der Waals surface area contributed by atoms with E-state index in [1.54, 1.807) is 30.9 Å². The third-order valence-corrected chi connectivity index (χ3v) is 7.21. The van der Waals surface area contributed by atoms with Crippen LogP contribution in [0.1, 0.15) is 0 Å². The van der Waals surface area contributed by atoms with Crippen molar-refractivity contribution in [2.75, 3.05) is 68.0 Å². The zero-order valence-electron chi connectivity index (χ0n) is 22.4. The summed E-state index contributed by atoms with van der Waals surface area (Å²) in [5.41, 5.74) is 4.49. The molecule has 6 rings (SSSR count). The summed E-state index contributed by atoms with van der Waals surface area (Å²) in [5, 5.41) is 3.36. The number of halogens is 1. The molecule has 0 atom stereocenters. The van der Waals surface area contributed by atoms with Gasteiger partial charge >= 0.3 is 0 Å². The standard InChI is InChI=1S/C16H17ClN4O.C14H16N4/c17-12-15(22)21-10-8-20(9-11-21)14-4-2-13(3-5-14)16-18-6-1-7-19-16;1-6-16-14(17-7-1)12-2-4-13(5-3-12)18-10-8-15-9-11-18/h1-7H,8-12H2;1-7,15H,8-11H2. The maximum atomic E-state index is 11.6. The largest absolute Gasteiger partial charge is 0.369 e. The molecule has 10 heteroatoms. The molecule has 0 radical (unpaired) electrons. The molecule has 1 amide bonds. The number of aromatic nitrogens is 4. The van der Waals surface area contributed by atoms with Gasteiger partial charge in [-0.3, -0.25) is 4.79 Å². The molecule has 2 saturated heterocycles. The molecule has 9 nitrogen and oxygen atoms in total. The van der Waals surface area contributed by atoms with Gasteiger partial charge < -0.3 is 20.0 Å². The monoisotopic (exact) mass is 556 g/mol. The van der Waals surface area contributed by atoms with Gasteiger partial charge in [0.15, 0.2) is 11.6 Å². The molecule has 0 spiro atoms. The summed E-state index contributed by atoms with van der Waals surface area (Å²) < 4.78 is 0. The molecule has 2 aliphatic heterocycles. The molecular formula is C30H33ClN8O. The molecule has 2 fully saturated rings. The lowest BCUT2D eigenvalue weighted by molar-refractivity contribution is -0.128. The van der Waals surface area contributed by atoms with Crippen molar-refractivity contribution in [1.29, 1.82) is 0 Å². The van der Waals surface area contributed by atoms with E-state index in [4.69, 9.17) is 11.6 Å². The zero-order valence-corrected chi connectivity index (χ0v) is 23.1. The van der Waals surface area contributed by atoms with Gasteiger partial charge in [0, 0.05) is 99.6 Å². The summed E-state index contributed by atoms with van der Waals surface area (Å²) in [7, 11) is 0. The van der Waals surface area contributed by atoms with E-state index in [9.17, 15) is 4.79 Å². The van der Waals surface area contributed by atoms with E-state index >= 15 is 0 Å². The number of carbonyl (C=O) groups excluding carboxylic acids is 1. The lowest BCUT2D eigenvalue weighted by Gasteiger charge is -2.35. The van der Waals surface area contributed by atoms with Crippen molar-refractivity contribution in [3.63, 3.8) is 0 Å². The molecule has 0 unspecified atom stereocenters. The highest BCUT2D eigenvalue weighted by molar-refractivity contribution is 6.27. The minimum absolute atomic E-state index is 0.0119. The summed E-state index contributed by atoms with van der Waals surface area (Å²) in [6, 6.07) is 20.3. The summed E-state index contributed by atoms with van der Waals surface area (Å²) in [5.74, 6) is 1.58. The SMILES string of the molecule is O=C(CCl)N1CCN(c2ccc(-c3ncccn3)cc2)CC1.c1cnc(-c2ccc(N3CCNCC3)cc2)nc1. The molecule has 4 heterocycles. The van der Waals surface area contributed by atoms with Gasteiger partial charge in [-0.1, -0.05) is 0 Å². The number of alkyl halides is 1. The molecule has 4 aromatic rings. The number of nitrogens with one attached hydrogen (secondary N) is 1. The van der Waals surface area contributed by atoms with Crippen molar-refractivity contribution < 1.29 is 4.79 Å². The fourth-order valence-corrected chi connectivity index (χ4v) is 4.93. The summed E-state index contributed by atoms with van der Waals surface area (Å²) in [6.45, 7) is 7.34. The quantitative estimate of drug-likeness (QED) is 0.373. The highest BCUT2D eigenvalue weighted by Crippen LogP contribution is 2.22. The Kier molecular flexibility index (Phi) is 9.50. The second-order valence-corrected chi connectivity index (χ2v) is 9.74. The molecule has 2 aromatic heterocycles. The van der Waals surface area contributed by atoms with Gasteiger partial charge in [0.05, 0.1) is 0 Å². The van der Waals surface area contributed by atoms with Crippen LogP contribution >= 0.6 is 11.6 Å². The molecular weight excluding hydrogens is 524 g/mol. The average molecular weight is 557 g/mol. The number of hydrogen-bond acceptors (Lipinski definition) is 8. The Hall–Kier alpha value is -4.08. The predicted octanol–water partition coefficient (Wildman–Crippen LogP) is 3.58. The molecule has 40 heavy (non-hydrogen) atoms. The van der Waals surface area contributed by atoms with E-state index in [-0.39, 0.29) is 11.8 Å². The Morgan fingerprint density at radius 2 is 1.07 bits per heavy atom. The van der Waals surface area contributed by atoms with Crippen molar-refractivity contribution >= 4 is 28.9 Å². The highest BCUT2D eigenvalue weighted by atomic mass is 35.5. The van der Waals surface area contributed by atoms with E-state index in [0.29, 0.717) is 0 Å². The first-order chi connectivity index (χ1) is 19.7. The second kappa shape index (κ2) is 13.8. The van der Waals surface area contributed by atoms with Crippen molar-refractivity contribution in [2.45, 2.75) is 0 Å². The van der Waals surface area contributed by atoms with E-state index in [1.165, 1.54) is 5.69 Å². The molecule has 0 saturated carbocycles. The van der Waals surface area contributed by atoms with Crippen LogP contribution in [-0.2, 0) is 4.79 Å². The van der Waals surface area contributed by atoms with Gasteiger partial charge in [0.2, 0.25) is 5.91 Å². The number of benzene rings is 2. The van der Waals surface area contributed by atoms with Crippen LogP contribution in [-0.4, -0.2) is 89.0 Å². The van der Waals surface area contributed by atoms with Crippen LogP contribution in [0.5, 0.6) is 0 Å². The first-order valence-electron chi connectivity index (χ1n) is 13.5. The van der Waals surface area contributed by atoms with E-state index in [2.05, 4.69) is 71.5 Å². The summed E-state index contributed by atoms with van der Waals surface area (Å²) in [4.78, 5) is 35.1. The third-order valence-electron chi connectivity index (χ3n) is 6.98. The van der Waals surface area contributed by atoms with Crippen LogP contribution in [0.2, 0.25) is 0 Å². The number of nitrogens with zero attached hydrogens (tertiary/aromatic N) is 7. The summed E-state index contributed by atoms with van der Waals surface area (Å²) in [6.07, 6.45) is 7.02. The van der Waals surface area contributed by atoms with Gasteiger partial charge in [-0.15, -0.1) is 11.6 Å². The number of amides is 1. The number of rotatable bonds is 5. The van der Waals surface area contributed by atoms with Crippen LogP contribution in [0.25, 0.3) is 22.8 Å². The Labute approximate surface area is 239 Å². The van der Waals surface area contributed by atoms with E-state index in [1.807, 2.05) is 23.1 Å². The predicted molar refractivity (Wildman–Crippen MR) is 160 cm³/mol. The van der Waals surface area contributed by atoms with Crippen molar-refractivity contribution in [2.24, 2.45) is 0 Å². The molecule has 0 aliphatic carbocycles. The Morgan fingerprint density at radius 3 is 1.50 bits per heavy atom. The highest BCUT2D eigenvalue weighted by Gasteiger charge is 2.20. The van der Waals surface area contributed by atoms with Crippen molar-refractivity contribution in [3.05, 3.63) is 85.5 Å². The zero-order chi connectivity index (χ0) is 27.6. The van der Waals surface area contributed by atoms with Gasteiger partial charge in [-0.25, -0.2) is 19.9 Å². The molecule has 2 aromatic carbocycles. The van der Waals surface area contributed by atoms with Crippen molar-refractivity contribution in [1.82, 2.24) is 30.2 Å². The molecule has 2 aliphatic rings. The number of hydrogen-bond donors (Lipinski definition) is 1. The number of carbonyl (C=O) groups is 1. The topological polar surface area (TPSA) is 90.4 Å². The van der Waals surface area contributed by atoms with E-state index in [0.717, 1.165) is 80.8 Å². The van der Waals surface area contributed by atoms with Crippen LogP contribution in [0, 0.1) is 0 Å². The van der Waals surface area contributed by atoms with Gasteiger partial charge in [0.25, 0.3) is 0 Å². The number of anilines is 2. The number of piperazine rings is 2. The Morgan fingerprint density at radius 1 is 0.650 bits per heavy atom. The third kappa shape index (κ3) is 7.11. The van der Waals surface area contributed by atoms with Crippen LogP contribution < -0.4 is 15.1 Å². The summed E-state index contributed by atoms with van der Waals surface area (Å²) >= 11 is 5.60. The molecule has 1 N–H and O–H groups in total. The fraction of sp³-hybridized carbons (Fsp3) is 0.300. The van der Waals surface area contributed by atoms with E-state index < -0.39 is 0 Å². The normalized spacial score (nSPS) is 15.3. The lowest BCUT2D eigenvalue weighted by Crippen LogP contribution is -2.49. The van der Waals surface area contributed by atoms with Crippen LogP contribution in [0.15, 0.2) is 85.5 Å². The van der Waals surface area contributed by atoms with Gasteiger partial charge in [-0.05, 0) is 60.7 Å². The first kappa shape index (κ1) is 27.5. The maximum absolute atomic E-state index is 11.6. The fourth-order valence-electron chi connectivity index (χ4n) is 4.76. The average Bonchev–Trinajstić information content (AvgIpc) is 3.06. The molecule has 206 valence electrons. The molecule has 0 bridgehead atoms. The Balaban J connectivity index is 0.000000164. The Bertz CT molecular complexity index is 1330.